The van der Waals surface area contributed by atoms with Crippen LogP contribution in [-0.2, 0) is 4.74 Å². The summed E-state index contributed by atoms with van der Waals surface area (Å²) in [7, 11) is 0. The second kappa shape index (κ2) is 7.94. The molecule has 1 aromatic rings. The molecule has 31 heavy (non-hydrogen) atoms. The molecule has 0 radical (unpaired) electrons. The van der Waals surface area contributed by atoms with Crippen LogP contribution in [0.25, 0.3) is 0 Å². The molecule has 0 unspecified atom stereocenters. The average molecular weight is 524 g/mol. The van der Waals surface area contributed by atoms with E-state index in [0.717, 1.165) is 11.4 Å². The van der Waals surface area contributed by atoms with Gasteiger partial charge in [0.1, 0.15) is 0 Å². The Morgan fingerprint density at radius 1 is 0.710 bits per heavy atom. The van der Waals surface area contributed by atoms with Crippen LogP contribution >= 0.6 is 23.2 Å². The number of carbonyl (C=O) groups excluding carboxylic acids is 1. The molecule has 3 nitrogen and oxygen atoms in total. The van der Waals surface area contributed by atoms with Crippen LogP contribution in [0.1, 0.15) is 0 Å². The van der Waals surface area contributed by atoms with Crippen molar-refractivity contribution in [1.29, 1.82) is 0 Å². The summed E-state index contributed by atoms with van der Waals surface area (Å²) in [5, 5.41) is 0.261. The lowest BCUT2D eigenvalue weighted by Gasteiger charge is -2.43. The molecule has 0 aliphatic heterocycles. The van der Waals surface area contributed by atoms with Crippen molar-refractivity contribution in [2.75, 3.05) is 5.32 Å². The minimum atomic E-state index is -8.11. The van der Waals surface area contributed by atoms with E-state index in [-0.39, 0.29) is 5.02 Å². The van der Waals surface area contributed by atoms with Gasteiger partial charge in [0, 0.05) is 5.69 Å². The van der Waals surface area contributed by atoms with Crippen molar-refractivity contribution in [1.82, 2.24) is 0 Å². The first-order chi connectivity index (χ1) is 13.5. The van der Waals surface area contributed by atoms with Crippen LogP contribution in [0.2, 0.25) is 10.0 Å². The molecule has 0 atom stereocenters. The monoisotopic (exact) mass is 523 g/mol. The second-order valence-corrected chi connectivity index (χ2v) is 6.28. The lowest BCUT2D eigenvalue weighted by molar-refractivity contribution is -0.470. The highest BCUT2D eigenvalue weighted by Gasteiger charge is 2.95. The fraction of sp³-hybridized carbons (Fsp3) is 0.462. The Labute approximate surface area is 172 Å². The van der Waals surface area contributed by atoms with Crippen molar-refractivity contribution in [3.05, 3.63) is 28.2 Å². The molecule has 0 aliphatic rings. The summed E-state index contributed by atoms with van der Waals surface area (Å²) < 4.78 is 171. The maximum atomic E-state index is 13.8. The largest absolute Gasteiger partial charge is 0.460 e. The fourth-order valence-corrected chi connectivity index (χ4v) is 2.25. The Hall–Kier alpha value is -1.84. The molecule has 18 heteroatoms. The zero-order valence-corrected chi connectivity index (χ0v) is 15.2. The molecule has 1 N–H and O–H groups in total. The highest BCUT2D eigenvalue weighted by Crippen LogP contribution is 2.61. The first-order valence-corrected chi connectivity index (χ1v) is 7.69. The van der Waals surface area contributed by atoms with E-state index in [9.17, 15) is 61.9 Å². The van der Waals surface area contributed by atoms with Gasteiger partial charge in [0.15, 0.2) is 0 Å². The lowest BCUT2D eigenvalue weighted by atomic mass is 9.88. The summed E-state index contributed by atoms with van der Waals surface area (Å²) in [6.07, 6.45) is -26.1. The van der Waals surface area contributed by atoms with Gasteiger partial charge in [-0.15, -0.1) is 0 Å². The van der Waals surface area contributed by atoms with Crippen molar-refractivity contribution in [3.63, 3.8) is 0 Å². The minimum Gasteiger partial charge on any atom is -0.417 e. The number of amides is 1. The molecule has 0 fully saturated rings. The summed E-state index contributed by atoms with van der Waals surface area (Å²) in [6.45, 7) is 0. The Bertz CT molecular complexity index is 818. The Balaban J connectivity index is 3.65. The van der Waals surface area contributed by atoms with Crippen molar-refractivity contribution < 1.29 is 66.6 Å². The first kappa shape index (κ1) is 27.2. The van der Waals surface area contributed by atoms with Crippen molar-refractivity contribution >= 4 is 35.0 Å². The number of hydrogen-bond donors (Lipinski definition) is 1. The minimum absolute atomic E-state index is 0.267. The number of halogens is 15. The van der Waals surface area contributed by atoms with Crippen LogP contribution in [-0.4, -0.2) is 42.1 Å². The molecule has 0 aliphatic carbocycles. The number of hydrogen-bond acceptors (Lipinski definition) is 2. The van der Waals surface area contributed by atoms with Crippen LogP contribution in [0.5, 0.6) is 0 Å². The molecule has 0 bridgehead atoms. The third-order valence-corrected chi connectivity index (χ3v) is 4.14. The second-order valence-electron chi connectivity index (χ2n) is 5.47. The number of benzene rings is 1. The maximum absolute atomic E-state index is 13.8. The number of carbonyl (C=O) groups is 1. The summed E-state index contributed by atoms with van der Waals surface area (Å²) in [4.78, 5) is 11.5. The molecule has 0 spiro atoms. The summed E-state index contributed by atoms with van der Waals surface area (Å²) in [5.74, 6) is -16.1. The van der Waals surface area contributed by atoms with Gasteiger partial charge in [-0.1, -0.05) is 23.2 Å². The Kier molecular flexibility index (Phi) is 6.96. The van der Waals surface area contributed by atoms with Gasteiger partial charge in [-0.3, -0.25) is 5.32 Å². The van der Waals surface area contributed by atoms with Crippen LogP contribution in [0.4, 0.5) is 67.6 Å². The van der Waals surface area contributed by atoms with Crippen LogP contribution < -0.4 is 5.32 Å². The number of rotatable bonds is 4. The molecule has 0 aromatic heterocycles. The molecule has 1 amide bonds. The summed E-state index contributed by atoms with van der Waals surface area (Å²) in [5.41, 5.74) is -8.46. The Morgan fingerprint density at radius 2 is 1.16 bits per heavy atom. The van der Waals surface area contributed by atoms with E-state index in [1.807, 2.05) is 0 Å². The number of alkyl halides is 13. The number of nitrogens with one attached hydrogen (secondary N) is 1. The normalized spacial score (nSPS) is 14.4. The molecule has 178 valence electrons. The molecule has 1 aromatic carbocycles. The van der Waals surface area contributed by atoms with E-state index in [1.54, 1.807) is 0 Å². The zero-order chi connectivity index (χ0) is 24.8. The van der Waals surface area contributed by atoms with Crippen LogP contribution in [0.15, 0.2) is 18.2 Å². The molecular formula is C13H4Cl2F13NO2. The van der Waals surface area contributed by atoms with Gasteiger partial charge in [0.2, 0.25) is 0 Å². The van der Waals surface area contributed by atoms with E-state index in [2.05, 4.69) is 4.74 Å². The number of anilines is 1. The predicted molar refractivity (Wildman–Crippen MR) is 77.4 cm³/mol. The highest BCUT2D eigenvalue weighted by atomic mass is 35.5. The molecule has 0 saturated carbocycles. The standard InChI is InChI=1S/C13H4Cl2F13NO2/c14-5-2-1-4(3-6(5)15)29-7(30)31-8(11(20,21)22,12(23,24)25)9(16,17)10(18,19)13(26,27)28/h1-3H,(H,29,30). The third kappa shape index (κ3) is 4.54. The van der Waals surface area contributed by atoms with E-state index in [4.69, 9.17) is 23.2 Å². The first-order valence-electron chi connectivity index (χ1n) is 6.94. The average Bonchev–Trinajstić information content (AvgIpc) is 2.52. The fourth-order valence-electron chi connectivity index (χ4n) is 1.95. The van der Waals surface area contributed by atoms with Crippen LogP contribution in [0, 0.1) is 0 Å². The van der Waals surface area contributed by atoms with Gasteiger partial charge in [0.05, 0.1) is 10.0 Å². The van der Waals surface area contributed by atoms with Gasteiger partial charge in [-0.05, 0) is 18.2 Å². The van der Waals surface area contributed by atoms with Gasteiger partial charge in [-0.2, -0.15) is 57.1 Å². The molecular weight excluding hydrogens is 520 g/mol. The Morgan fingerprint density at radius 3 is 1.52 bits per heavy atom. The zero-order valence-electron chi connectivity index (χ0n) is 13.7. The highest BCUT2D eigenvalue weighted by molar-refractivity contribution is 6.42. The van der Waals surface area contributed by atoms with E-state index in [0.29, 0.717) is 12.1 Å². The predicted octanol–water partition coefficient (Wildman–Crippen LogP) is 7.24. The van der Waals surface area contributed by atoms with Gasteiger partial charge >= 0.3 is 42.1 Å². The van der Waals surface area contributed by atoms with Crippen molar-refractivity contribution in [2.45, 2.75) is 36.0 Å². The van der Waals surface area contributed by atoms with Gasteiger partial charge in [-0.25, -0.2) is 4.79 Å². The maximum Gasteiger partial charge on any atom is 0.460 e. The van der Waals surface area contributed by atoms with Crippen LogP contribution in [0.3, 0.4) is 0 Å². The van der Waals surface area contributed by atoms with E-state index >= 15 is 0 Å². The SMILES string of the molecule is O=C(Nc1ccc(Cl)c(Cl)c1)OC(C(F)(F)F)(C(F)(F)F)C(F)(F)C(F)(F)C(F)(F)F. The summed E-state index contributed by atoms with van der Waals surface area (Å²) >= 11 is 10.9. The van der Waals surface area contributed by atoms with Crippen molar-refractivity contribution in [3.8, 4) is 0 Å². The summed E-state index contributed by atoms with van der Waals surface area (Å²) in [6, 6.07) is 1.99. The smallest absolute Gasteiger partial charge is 0.417 e. The molecule has 1 rings (SSSR count). The van der Waals surface area contributed by atoms with E-state index in [1.165, 1.54) is 0 Å². The topological polar surface area (TPSA) is 38.3 Å². The molecule has 0 heterocycles. The number of ether oxygens (including phenoxy) is 1. The quantitative estimate of drug-likeness (QED) is 0.422. The molecule has 0 saturated heterocycles. The third-order valence-electron chi connectivity index (χ3n) is 3.40. The van der Waals surface area contributed by atoms with E-state index < -0.39 is 52.8 Å². The lowest BCUT2D eigenvalue weighted by Crippen LogP contribution is -2.76. The van der Waals surface area contributed by atoms with Gasteiger partial charge in [0.25, 0.3) is 0 Å². The van der Waals surface area contributed by atoms with Crippen molar-refractivity contribution in [2.24, 2.45) is 0 Å². The van der Waals surface area contributed by atoms with Gasteiger partial charge < -0.3 is 4.74 Å².